The zero-order valence-corrected chi connectivity index (χ0v) is 23.9. The van der Waals surface area contributed by atoms with Crippen LogP contribution in [0, 0.1) is 23.7 Å². The van der Waals surface area contributed by atoms with Gasteiger partial charge in [-0.3, -0.25) is 14.6 Å². The number of likely N-dealkylation sites (tertiary alicyclic amines) is 1. The zero-order valence-electron chi connectivity index (χ0n) is 23.1. The molecule has 3 aliphatic rings. The van der Waals surface area contributed by atoms with Gasteiger partial charge in [-0.05, 0) is 90.5 Å². The highest BCUT2D eigenvalue weighted by Crippen LogP contribution is 2.52. The largest absolute Gasteiger partial charge is 0.508 e. The van der Waals surface area contributed by atoms with Gasteiger partial charge in [0.2, 0.25) is 11.8 Å². The second-order valence-electron chi connectivity index (χ2n) is 11.0. The van der Waals surface area contributed by atoms with Crippen LogP contribution in [-0.4, -0.2) is 58.3 Å². The van der Waals surface area contributed by atoms with Gasteiger partial charge in [0.25, 0.3) is 0 Å². The number of nitrogens with zero attached hydrogens (tertiary/aromatic N) is 2. The summed E-state index contributed by atoms with van der Waals surface area (Å²) in [6.07, 6.45) is 3.60. The van der Waals surface area contributed by atoms with Crippen LogP contribution < -0.4 is 0 Å². The Hall–Kier alpha value is -3.47. The summed E-state index contributed by atoms with van der Waals surface area (Å²) in [5.41, 5.74) is 4.29. The molecule has 0 bridgehead atoms. The minimum absolute atomic E-state index is 0.0616. The molecule has 9 nitrogen and oxygen atoms in total. The maximum Gasteiger partial charge on any atom is 0.455 e. The number of hydrogen-bond donors (Lipinski definition) is 2. The molecule has 0 unspecified atom stereocenters. The number of amides is 3. The number of imide groups is 3. The fourth-order valence-corrected chi connectivity index (χ4v) is 6.68. The Labute approximate surface area is 244 Å². The molecule has 2 fully saturated rings. The number of carbonyl (C=O) groups is 3. The standard InChI is InChI=1S/C30H32BClN2O7/c1-16(2)20-14-21-27(29(37)34(28(21)36)30(38)40-3)22-15-31(39)41-25(26(20)22)10-8-18(24-6-4-5-11-33-24)12-17-7-9-19(35)13-23(17)32/h4-7,9,11-13,16,21-22,25,27,35,39H,8,10,14-15H2,1-3H3/b18-12-/t21-,22+,25-,27-/m1/s1. The number of aromatic hydroxyl groups is 1. The average Bonchev–Trinajstić information content (AvgIpc) is 3.20. The second kappa shape index (κ2) is 11.8. The molecule has 3 heterocycles. The Kier molecular flexibility index (Phi) is 8.36. The van der Waals surface area contributed by atoms with E-state index in [1.807, 2.05) is 38.1 Å². The van der Waals surface area contributed by atoms with E-state index >= 15 is 0 Å². The Bertz CT molecular complexity index is 1430. The first kappa shape index (κ1) is 29.0. The molecule has 0 spiro atoms. The van der Waals surface area contributed by atoms with Gasteiger partial charge in [0.05, 0.1) is 35.8 Å². The van der Waals surface area contributed by atoms with Crippen molar-refractivity contribution in [1.82, 2.24) is 9.88 Å². The van der Waals surface area contributed by atoms with Crippen LogP contribution in [0.3, 0.4) is 0 Å². The molecule has 1 aliphatic carbocycles. The first-order valence-corrected chi connectivity index (χ1v) is 14.1. The van der Waals surface area contributed by atoms with Crippen molar-refractivity contribution in [3.05, 3.63) is 70.0 Å². The molecule has 1 aromatic carbocycles. The van der Waals surface area contributed by atoms with Gasteiger partial charge >= 0.3 is 13.2 Å². The van der Waals surface area contributed by atoms with Crippen LogP contribution >= 0.6 is 11.6 Å². The topological polar surface area (TPSA) is 126 Å². The van der Waals surface area contributed by atoms with Crippen molar-refractivity contribution in [1.29, 1.82) is 0 Å². The lowest BCUT2D eigenvalue weighted by atomic mass is 9.57. The maximum absolute atomic E-state index is 13.4. The molecule has 2 saturated heterocycles. The third kappa shape index (κ3) is 5.56. The quantitative estimate of drug-likeness (QED) is 0.279. The summed E-state index contributed by atoms with van der Waals surface area (Å²) in [6, 6.07) is 10.4. The van der Waals surface area contributed by atoms with E-state index in [1.54, 1.807) is 18.3 Å². The van der Waals surface area contributed by atoms with Crippen LogP contribution in [0.15, 0.2) is 53.7 Å². The third-order valence-corrected chi connectivity index (χ3v) is 8.61. The Balaban J connectivity index is 1.50. The number of phenolic OH excluding ortho intramolecular Hbond substituents is 1. The molecule has 11 heteroatoms. The van der Waals surface area contributed by atoms with E-state index < -0.39 is 48.9 Å². The minimum Gasteiger partial charge on any atom is -0.508 e. The predicted octanol–water partition coefficient (Wildman–Crippen LogP) is 4.98. The van der Waals surface area contributed by atoms with Gasteiger partial charge in [-0.15, -0.1) is 0 Å². The van der Waals surface area contributed by atoms with Gasteiger partial charge in [0, 0.05) is 6.20 Å². The fourth-order valence-electron chi connectivity index (χ4n) is 6.46. The highest BCUT2D eigenvalue weighted by molar-refractivity contribution is 6.43. The van der Waals surface area contributed by atoms with E-state index in [0.717, 1.165) is 29.5 Å². The lowest BCUT2D eigenvalue weighted by molar-refractivity contribution is -0.137. The number of aromatic nitrogens is 1. The SMILES string of the molecule is COC(=O)N1C(=O)[C@@H]2[C@@H](CC(C(C)C)=C3[C@@H](CC/C(=C/c4ccc(O)cc4Cl)c4ccccn4)OB(O)C[C@@H]32)C1=O. The van der Waals surface area contributed by atoms with Gasteiger partial charge in [0.15, 0.2) is 0 Å². The number of halogens is 1. The van der Waals surface area contributed by atoms with Gasteiger partial charge in [-0.2, -0.15) is 4.90 Å². The van der Waals surface area contributed by atoms with Crippen LogP contribution in [0.1, 0.15) is 44.4 Å². The number of methoxy groups -OCH3 is 1. The summed E-state index contributed by atoms with van der Waals surface area (Å²) in [5, 5.41) is 21.0. The van der Waals surface area contributed by atoms with Crippen LogP contribution in [0.4, 0.5) is 4.79 Å². The molecule has 2 aromatic rings. The van der Waals surface area contributed by atoms with E-state index in [4.69, 9.17) is 21.0 Å². The number of phenols is 1. The summed E-state index contributed by atoms with van der Waals surface area (Å²) in [5.74, 6) is -2.89. The number of carbonyl (C=O) groups excluding carboxylic acids is 3. The van der Waals surface area contributed by atoms with Gasteiger partial charge in [-0.25, -0.2) is 4.79 Å². The van der Waals surface area contributed by atoms with Crippen LogP contribution in [0.25, 0.3) is 11.6 Å². The van der Waals surface area contributed by atoms with Crippen molar-refractivity contribution in [3.8, 4) is 5.75 Å². The minimum atomic E-state index is -1.13. The molecular formula is C30H32BClN2O7. The van der Waals surface area contributed by atoms with E-state index in [1.165, 1.54) is 6.07 Å². The van der Waals surface area contributed by atoms with E-state index in [2.05, 4.69) is 4.98 Å². The smallest absolute Gasteiger partial charge is 0.455 e. The lowest BCUT2D eigenvalue weighted by Gasteiger charge is -2.44. The molecule has 3 amide bonds. The molecule has 0 saturated carbocycles. The van der Waals surface area contributed by atoms with E-state index in [0.29, 0.717) is 34.7 Å². The highest BCUT2D eigenvalue weighted by atomic mass is 35.5. The monoisotopic (exact) mass is 578 g/mol. The molecule has 0 radical (unpaired) electrons. The Morgan fingerprint density at radius 2 is 2.02 bits per heavy atom. The van der Waals surface area contributed by atoms with E-state index in [9.17, 15) is 24.5 Å². The first-order valence-electron chi connectivity index (χ1n) is 13.7. The summed E-state index contributed by atoms with van der Waals surface area (Å²) in [7, 11) is 0.00482. The van der Waals surface area contributed by atoms with Crippen LogP contribution in [-0.2, 0) is 19.0 Å². The lowest BCUT2D eigenvalue weighted by Crippen LogP contribution is -2.46. The molecule has 41 heavy (non-hydrogen) atoms. The summed E-state index contributed by atoms with van der Waals surface area (Å²) in [6.45, 7) is 4.07. The number of ether oxygens (including phenoxy) is 1. The third-order valence-electron chi connectivity index (χ3n) is 8.28. The Morgan fingerprint density at radius 3 is 2.68 bits per heavy atom. The molecule has 4 atom stereocenters. The number of pyridine rings is 1. The van der Waals surface area contributed by atoms with Crippen molar-refractivity contribution in [2.75, 3.05) is 7.11 Å². The van der Waals surface area contributed by atoms with Crippen molar-refractivity contribution in [2.45, 2.75) is 45.5 Å². The predicted molar refractivity (Wildman–Crippen MR) is 153 cm³/mol. The maximum atomic E-state index is 13.4. The molecule has 2 aliphatic heterocycles. The first-order chi connectivity index (χ1) is 19.6. The zero-order chi connectivity index (χ0) is 29.4. The van der Waals surface area contributed by atoms with Gasteiger partial charge in [0.1, 0.15) is 5.75 Å². The van der Waals surface area contributed by atoms with Crippen LogP contribution in [0.5, 0.6) is 5.75 Å². The van der Waals surface area contributed by atoms with Gasteiger partial charge in [-0.1, -0.05) is 37.1 Å². The highest BCUT2D eigenvalue weighted by Gasteiger charge is 2.59. The normalized spacial score (nSPS) is 24.6. The number of benzene rings is 1. The number of fused-ring (bicyclic) bond motifs is 3. The average molecular weight is 579 g/mol. The number of rotatable bonds is 6. The van der Waals surface area contributed by atoms with Crippen molar-refractivity contribution in [3.63, 3.8) is 0 Å². The molecule has 2 N–H and O–H groups in total. The summed E-state index contributed by atoms with van der Waals surface area (Å²) in [4.78, 5) is 44.1. The van der Waals surface area contributed by atoms with Crippen LogP contribution in [0.2, 0.25) is 11.3 Å². The fraction of sp³-hybridized carbons (Fsp3) is 0.400. The number of hydrogen-bond acceptors (Lipinski definition) is 8. The summed E-state index contributed by atoms with van der Waals surface area (Å²) < 4.78 is 10.8. The molecule has 1 aromatic heterocycles. The van der Waals surface area contributed by atoms with Crippen molar-refractivity contribution in [2.24, 2.45) is 23.7 Å². The molecule has 214 valence electrons. The van der Waals surface area contributed by atoms with Crippen molar-refractivity contribution >= 4 is 48.3 Å². The number of allylic oxidation sites excluding steroid dienone is 2. The molecular weight excluding hydrogens is 547 g/mol. The second-order valence-corrected chi connectivity index (χ2v) is 11.4. The molecule has 5 rings (SSSR count). The van der Waals surface area contributed by atoms with Gasteiger partial charge < -0.3 is 19.5 Å². The van der Waals surface area contributed by atoms with E-state index in [-0.39, 0.29) is 18.0 Å². The Morgan fingerprint density at radius 1 is 1.24 bits per heavy atom. The van der Waals surface area contributed by atoms with Crippen molar-refractivity contribution < 1.29 is 33.9 Å². The summed E-state index contributed by atoms with van der Waals surface area (Å²) >= 11 is 6.41.